The van der Waals surface area contributed by atoms with Gasteiger partial charge in [-0.05, 0) is 0 Å². The first kappa shape index (κ1) is 22.2. The van der Waals surface area contributed by atoms with E-state index >= 15 is 0 Å². The highest BCUT2D eigenvalue weighted by Gasteiger charge is 2.47. The molecule has 2 N–H and O–H groups in total. The van der Waals surface area contributed by atoms with E-state index in [1.54, 1.807) is 12.1 Å². The molecule has 0 spiro atoms. The Labute approximate surface area is 181 Å². The quantitative estimate of drug-likeness (QED) is 0.509. The number of nitrogens with zero attached hydrogens (tertiary/aromatic N) is 2. The normalized spacial score (nSPS) is 30.2. The van der Waals surface area contributed by atoms with Gasteiger partial charge in [-0.25, -0.2) is 0 Å². The highest BCUT2D eigenvalue weighted by Crippen LogP contribution is 2.38. The van der Waals surface area contributed by atoms with E-state index in [2.05, 4.69) is 0 Å². The van der Waals surface area contributed by atoms with Crippen molar-refractivity contribution in [1.82, 2.24) is 0 Å². The number of nitro groups is 2. The van der Waals surface area contributed by atoms with Gasteiger partial charge in [0.15, 0.2) is 12.6 Å². The first-order valence-electron chi connectivity index (χ1n) is 9.73. The number of benzene rings is 2. The summed E-state index contributed by atoms with van der Waals surface area (Å²) in [4.78, 5) is 21.0. The maximum Gasteiger partial charge on any atom is 0.269 e. The zero-order valence-corrected chi connectivity index (χ0v) is 16.6. The van der Waals surface area contributed by atoms with Crippen molar-refractivity contribution in [2.24, 2.45) is 0 Å². The lowest BCUT2D eigenvalue weighted by atomic mass is 10.0. The summed E-state index contributed by atoms with van der Waals surface area (Å²) in [7, 11) is 0. The summed E-state index contributed by atoms with van der Waals surface area (Å²) in [5, 5.41) is 42.7. The second-order valence-corrected chi connectivity index (χ2v) is 7.32. The Bertz CT molecular complexity index is 1000. The Morgan fingerprint density at radius 2 is 1.50 bits per heavy atom. The van der Waals surface area contributed by atoms with Crippen LogP contribution in [0.25, 0.3) is 0 Å². The van der Waals surface area contributed by atoms with Crippen molar-refractivity contribution in [3.63, 3.8) is 0 Å². The fourth-order valence-corrected chi connectivity index (χ4v) is 3.66. The van der Waals surface area contributed by atoms with Gasteiger partial charge in [-0.1, -0.05) is 24.3 Å². The molecule has 2 saturated heterocycles. The standard InChI is InChI=1S/C20H20N2O10/c23-9-15-17(24)18-16(31-20(32-18)12-4-2-6-14(8-12)22(27)28)10-29-19(30-15)11-3-1-5-13(7-11)21(25)26/h1-8,15-20,23-24H,9-10H2/t15-,16+,17+,18+,19?,20?/m1/s1. The number of aliphatic hydroxyl groups is 2. The number of non-ortho nitro benzene ring substituents is 2. The molecule has 0 radical (unpaired) electrons. The van der Waals surface area contributed by atoms with Crippen LogP contribution in [0.2, 0.25) is 0 Å². The van der Waals surface area contributed by atoms with Crippen molar-refractivity contribution in [3.8, 4) is 0 Å². The number of hydrogen-bond donors (Lipinski definition) is 2. The van der Waals surface area contributed by atoms with Crippen LogP contribution in [-0.4, -0.2) is 57.7 Å². The van der Waals surface area contributed by atoms with Gasteiger partial charge in [0.1, 0.15) is 24.4 Å². The molecule has 170 valence electrons. The Morgan fingerprint density at radius 3 is 2.06 bits per heavy atom. The lowest BCUT2D eigenvalue weighted by Gasteiger charge is -2.34. The molecule has 2 aliphatic heterocycles. The number of hydrogen-bond acceptors (Lipinski definition) is 10. The Balaban J connectivity index is 1.57. The molecule has 2 aromatic carbocycles. The molecule has 4 rings (SSSR count). The molecule has 0 aliphatic carbocycles. The first-order valence-corrected chi connectivity index (χ1v) is 9.73. The summed E-state index contributed by atoms with van der Waals surface area (Å²) in [6.45, 7) is -0.678. The van der Waals surface area contributed by atoms with Crippen molar-refractivity contribution in [3.05, 3.63) is 79.9 Å². The minimum atomic E-state index is -1.32. The van der Waals surface area contributed by atoms with Crippen molar-refractivity contribution in [2.45, 2.75) is 37.0 Å². The molecule has 12 nitrogen and oxygen atoms in total. The Hall–Kier alpha value is -3.00. The van der Waals surface area contributed by atoms with Gasteiger partial charge >= 0.3 is 0 Å². The van der Waals surface area contributed by atoms with Crippen LogP contribution in [0, 0.1) is 20.2 Å². The van der Waals surface area contributed by atoms with E-state index in [0.717, 1.165) is 0 Å². The van der Waals surface area contributed by atoms with E-state index in [4.69, 9.17) is 18.9 Å². The van der Waals surface area contributed by atoms with Crippen LogP contribution in [0.4, 0.5) is 11.4 Å². The van der Waals surface area contributed by atoms with Crippen LogP contribution < -0.4 is 0 Å². The van der Waals surface area contributed by atoms with Crippen LogP contribution in [0.3, 0.4) is 0 Å². The van der Waals surface area contributed by atoms with Gasteiger partial charge in [-0.3, -0.25) is 20.2 Å². The lowest BCUT2D eigenvalue weighted by molar-refractivity contribution is -0.385. The Morgan fingerprint density at radius 1 is 0.906 bits per heavy atom. The molecular weight excluding hydrogens is 428 g/mol. The number of aliphatic hydroxyl groups excluding tert-OH is 2. The third-order valence-corrected chi connectivity index (χ3v) is 5.26. The molecule has 2 aliphatic rings. The molecule has 0 saturated carbocycles. The fourth-order valence-electron chi connectivity index (χ4n) is 3.66. The number of ether oxygens (including phenoxy) is 4. The van der Waals surface area contributed by atoms with E-state index in [9.17, 15) is 30.4 Å². The third kappa shape index (κ3) is 4.46. The number of nitro benzene ring substituents is 2. The smallest absolute Gasteiger partial charge is 0.269 e. The lowest BCUT2D eigenvalue weighted by Crippen LogP contribution is -2.49. The molecule has 12 heteroatoms. The minimum absolute atomic E-state index is 0.0986. The third-order valence-electron chi connectivity index (χ3n) is 5.26. The fraction of sp³-hybridized carbons (Fsp3) is 0.400. The number of fused-ring (bicyclic) bond motifs is 1. The highest BCUT2D eigenvalue weighted by molar-refractivity contribution is 5.36. The van der Waals surface area contributed by atoms with E-state index in [0.29, 0.717) is 11.1 Å². The van der Waals surface area contributed by atoms with E-state index in [1.807, 2.05) is 0 Å². The largest absolute Gasteiger partial charge is 0.394 e. The van der Waals surface area contributed by atoms with Crippen LogP contribution in [0.1, 0.15) is 23.7 Å². The van der Waals surface area contributed by atoms with Crippen molar-refractivity contribution < 1.29 is 39.0 Å². The highest BCUT2D eigenvalue weighted by atomic mass is 16.8. The average molecular weight is 448 g/mol. The molecule has 2 unspecified atom stereocenters. The van der Waals surface area contributed by atoms with Gasteiger partial charge in [-0.2, -0.15) is 0 Å². The van der Waals surface area contributed by atoms with Gasteiger partial charge in [-0.15, -0.1) is 0 Å². The predicted octanol–water partition coefficient (Wildman–Crippen LogP) is 1.75. The van der Waals surface area contributed by atoms with Crippen LogP contribution >= 0.6 is 0 Å². The predicted molar refractivity (Wildman–Crippen MR) is 105 cm³/mol. The van der Waals surface area contributed by atoms with Gasteiger partial charge in [0.2, 0.25) is 0 Å². The maximum absolute atomic E-state index is 11.1. The molecule has 0 aromatic heterocycles. The van der Waals surface area contributed by atoms with Crippen molar-refractivity contribution in [2.75, 3.05) is 13.2 Å². The number of rotatable bonds is 5. The second kappa shape index (κ2) is 9.24. The zero-order valence-electron chi connectivity index (χ0n) is 16.6. The van der Waals surface area contributed by atoms with Crippen molar-refractivity contribution in [1.29, 1.82) is 0 Å². The summed E-state index contributed by atoms with van der Waals surface area (Å²) < 4.78 is 23.1. The minimum Gasteiger partial charge on any atom is -0.394 e. The van der Waals surface area contributed by atoms with Crippen LogP contribution in [-0.2, 0) is 18.9 Å². The summed E-state index contributed by atoms with van der Waals surface area (Å²) in [5.74, 6) is 0. The average Bonchev–Trinajstić information content (AvgIpc) is 3.22. The molecular formula is C20H20N2O10. The molecule has 32 heavy (non-hydrogen) atoms. The molecule has 6 atom stereocenters. The monoisotopic (exact) mass is 448 g/mol. The summed E-state index contributed by atoms with van der Waals surface area (Å²) in [6, 6.07) is 11.4. The molecule has 2 fully saturated rings. The van der Waals surface area contributed by atoms with E-state index in [1.165, 1.54) is 36.4 Å². The summed E-state index contributed by atoms with van der Waals surface area (Å²) in [6.07, 6.45) is -6.30. The van der Waals surface area contributed by atoms with E-state index < -0.39 is 53.4 Å². The van der Waals surface area contributed by atoms with Crippen molar-refractivity contribution >= 4 is 11.4 Å². The molecule has 2 aromatic rings. The second-order valence-electron chi connectivity index (χ2n) is 7.32. The maximum atomic E-state index is 11.1. The molecule has 0 amide bonds. The zero-order chi connectivity index (χ0) is 22.8. The van der Waals surface area contributed by atoms with Gasteiger partial charge in [0.05, 0.1) is 23.1 Å². The molecule has 0 bridgehead atoms. The van der Waals surface area contributed by atoms with Gasteiger partial charge in [0.25, 0.3) is 11.4 Å². The summed E-state index contributed by atoms with van der Waals surface area (Å²) >= 11 is 0. The molecule has 2 heterocycles. The van der Waals surface area contributed by atoms with E-state index in [-0.39, 0.29) is 18.0 Å². The van der Waals surface area contributed by atoms with Gasteiger partial charge in [0, 0.05) is 35.4 Å². The van der Waals surface area contributed by atoms with Gasteiger partial charge < -0.3 is 29.2 Å². The SMILES string of the molecule is O=[N+]([O-])c1cccc(C2O[C@@H]3[C@@H](O)[C@@H](CO)OC(c4cccc([N+](=O)[O-])c4)OC[C@@H]3O2)c1. The first-order chi connectivity index (χ1) is 15.4. The van der Waals surface area contributed by atoms with Crippen LogP contribution in [0.15, 0.2) is 48.5 Å². The summed E-state index contributed by atoms with van der Waals surface area (Å²) in [5.41, 5.74) is 0.410. The van der Waals surface area contributed by atoms with Crippen LogP contribution in [0.5, 0.6) is 0 Å². The topological polar surface area (TPSA) is 164 Å². The Kier molecular flexibility index (Phi) is 6.41.